The molecule has 1 aromatic carbocycles. The second-order valence-electron chi connectivity index (χ2n) is 4.68. The Balaban J connectivity index is 1.84. The minimum atomic E-state index is -0.647. The number of rotatable bonds is 6. The highest BCUT2D eigenvalue weighted by molar-refractivity contribution is 8.00. The van der Waals surface area contributed by atoms with Crippen molar-refractivity contribution < 1.29 is 9.59 Å². The first-order valence-electron chi connectivity index (χ1n) is 6.64. The van der Waals surface area contributed by atoms with Gasteiger partial charge in [0.25, 0.3) is 0 Å². The van der Waals surface area contributed by atoms with Crippen LogP contribution in [-0.4, -0.2) is 35.5 Å². The molecule has 0 radical (unpaired) electrons. The van der Waals surface area contributed by atoms with Crippen molar-refractivity contribution in [2.45, 2.75) is 24.3 Å². The molecule has 5 nitrogen and oxygen atoms in total. The number of nitrogens with two attached hydrogens (primary N) is 1. The standard InChI is InChI=1S/C14H19N3O2S/c15-13(19)12(14-16-8-9-20-14)17-11(18)7-6-10-4-2-1-3-5-10/h1-5,12,14,16H,6-9H2,(H2,15,19)(H,17,18). The lowest BCUT2D eigenvalue weighted by molar-refractivity contribution is -0.127. The molecule has 1 aliphatic rings. The summed E-state index contributed by atoms with van der Waals surface area (Å²) in [5.74, 6) is 0.283. The number of aryl methyl sites for hydroxylation is 1. The van der Waals surface area contributed by atoms with Gasteiger partial charge in [-0.1, -0.05) is 30.3 Å². The van der Waals surface area contributed by atoms with Crippen molar-refractivity contribution in [2.75, 3.05) is 12.3 Å². The highest BCUT2D eigenvalue weighted by Gasteiger charge is 2.30. The number of carbonyl (C=O) groups is 2. The first kappa shape index (κ1) is 14.9. The van der Waals surface area contributed by atoms with Crippen LogP contribution in [0.5, 0.6) is 0 Å². The number of primary amides is 1. The maximum Gasteiger partial charge on any atom is 0.242 e. The van der Waals surface area contributed by atoms with E-state index in [1.165, 1.54) is 0 Å². The molecular formula is C14H19N3O2S. The Hall–Kier alpha value is -1.53. The highest BCUT2D eigenvalue weighted by atomic mass is 32.2. The fourth-order valence-corrected chi connectivity index (χ4v) is 3.22. The molecule has 1 fully saturated rings. The van der Waals surface area contributed by atoms with E-state index >= 15 is 0 Å². The van der Waals surface area contributed by atoms with Gasteiger partial charge in [-0.05, 0) is 12.0 Å². The average molecular weight is 293 g/mol. The molecule has 1 heterocycles. The molecule has 20 heavy (non-hydrogen) atoms. The van der Waals surface area contributed by atoms with E-state index in [0.29, 0.717) is 12.8 Å². The minimum absolute atomic E-state index is 0.117. The molecule has 108 valence electrons. The van der Waals surface area contributed by atoms with Gasteiger partial charge in [-0.3, -0.25) is 9.59 Å². The lowest BCUT2D eigenvalue weighted by Gasteiger charge is -2.21. The van der Waals surface area contributed by atoms with Crippen molar-refractivity contribution in [3.05, 3.63) is 35.9 Å². The summed E-state index contributed by atoms with van der Waals surface area (Å²) >= 11 is 1.61. The third-order valence-corrected chi connectivity index (χ3v) is 4.39. The van der Waals surface area contributed by atoms with E-state index in [1.54, 1.807) is 11.8 Å². The Kier molecular flexibility index (Phi) is 5.43. The Morgan fingerprint density at radius 3 is 2.75 bits per heavy atom. The van der Waals surface area contributed by atoms with E-state index in [-0.39, 0.29) is 11.3 Å². The zero-order chi connectivity index (χ0) is 14.4. The molecule has 2 rings (SSSR count). The van der Waals surface area contributed by atoms with E-state index < -0.39 is 11.9 Å². The van der Waals surface area contributed by atoms with Crippen molar-refractivity contribution in [3.8, 4) is 0 Å². The largest absolute Gasteiger partial charge is 0.368 e. The normalized spacial score (nSPS) is 19.5. The van der Waals surface area contributed by atoms with E-state index in [0.717, 1.165) is 17.9 Å². The molecule has 0 aliphatic carbocycles. The number of benzene rings is 1. The molecule has 4 N–H and O–H groups in total. The van der Waals surface area contributed by atoms with Crippen LogP contribution in [0.15, 0.2) is 30.3 Å². The predicted molar refractivity (Wildman–Crippen MR) is 80.1 cm³/mol. The van der Waals surface area contributed by atoms with E-state index in [4.69, 9.17) is 5.73 Å². The van der Waals surface area contributed by atoms with Gasteiger partial charge >= 0.3 is 0 Å². The number of amides is 2. The van der Waals surface area contributed by atoms with Crippen molar-refractivity contribution in [1.29, 1.82) is 0 Å². The summed E-state index contributed by atoms with van der Waals surface area (Å²) in [5, 5.41) is 5.78. The van der Waals surface area contributed by atoms with Crippen LogP contribution >= 0.6 is 11.8 Å². The Morgan fingerprint density at radius 1 is 1.40 bits per heavy atom. The van der Waals surface area contributed by atoms with Crippen LogP contribution in [0.25, 0.3) is 0 Å². The number of hydrogen-bond donors (Lipinski definition) is 3. The van der Waals surface area contributed by atoms with Crippen LogP contribution in [0.3, 0.4) is 0 Å². The molecule has 0 saturated carbocycles. The van der Waals surface area contributed by atoms with Crippen LogP contribution in [0.2, 0.25) is 0 Å². The van der Waals surface area contributed by atoms with Crippen molar-refractivity contribution in [1.82, 2.24) is 10.6 Å². The maximum absolute atomic E-state index is 11.9. The summed E-state index contributed by atoms with van der Waals surface area (Å²) in [6, 6.07) is 9.14. The summed E-state index contributed by atoms with van der Waals surface area (Å²) in [6.07, 6.45) is 1.01. The SMILES string of the molecule is NC(=O)C(NC(=O)CCc1ccccc1)C1NCCS1. The number of hydrogen-bond acceptors (Lipinski definition) is 4. The molecule has 2 amide bonds. The fourth-order valence-electron chi connectivity index (χ4n) is 2.10. The Bertz CT molecular complexity index is 461. The van der Waals surface area contributed by atoms with Crippen LogP contribution in [0.4, 0.5) is 0 Å². The van der Waals surface area contributed by atoms with Gasteiger partial charge in [0, 0.05) is 18.7 Å². The number of thioether (sulfide) groups is 1. The molecule has 2 unspecified atom stereocenters. The van der Waals surface area contributed by atoms with E-state index in [9.17, 15) is 9.59 Å². The molecule has 0 aromatic heterocycles. The van der Waals surface area contributed by atoms with Crippen LogP contribution in [0.1, 0.15) is 12.0 Å². The number of carbonyl (C=O) groups excluding carboxylic acids is 2. The zero-order valence-electron chi connectivity index (χ0n) is 11.2. The van der Waals surface area contributed by atoms with Gasteiger partial charge in [-0.25, -0.2) is 0 Å². The first-order chi connectivity index (χ1) is 9.66. The lowest BCUT2D eigenvalue weighted by Crippen LogP contribution is -2.53. The fraction of sp³-hybridized carbons (Fsp3) is 0.429. The van der Waals surface area contributed by atoms with Crippen molar-refractivity contribution in [3.63, 3.8) is 0 Å². The summed E-state index contributed by atoms with van der Waals surface area (Å²) in [4.78, 5) is 23.4. The second-order valence-corrected chi connectivity index (χ2v) is 5.93. The molecule has 0 bridgehead atoms. The van der Waals surface area contributed by atoms with Gasteiger partial charge in [0.15, 0.2) is 0 Å². The minimum Gasteiger partial charge on any atom is -0.368 e. The second kappa shape index (κ2) is 7.31. The van der Waals surface area contributed by atoms with E-state index in [1.807, 2.05) is 30.3 Å². The molecule has 0 spiro atoms. The molecule has 1 aromatic rings. The van der Waals surface area contributed by atoms with Gasteiger partial charge in [-0.15, -0.1) is 11.8 Å². The van der Waals surface area contributed by atoms with Gasteiger partial charge < -0.3 is 16.4 Å². The van der Waals surface area contributed by atoms with Gasteiger partial charge in [0.1, 0.15) is 6.04 Å². The molecule has 1 aliphatic heterocycles. The molecule has 1 saturated heterocycles. The van der Waals surface area contributed by atoms with Gasteiger partial charge in [0.05, 0.1) is 5.37 Å². The summed E-state index contributed by atoms with van der Waals surface area (Å²) < 4.78 is 0. The topological polar surface area (TPSA) is 84.2 Å². The monoisotopic (exact) mass is 293 g/mol. The van der Waals surface area contributed by atoms with Crippen LogP contribution in [-0.2, 0) is 16.0 Å². The van der Waals surface area contributed by atoms with Gasteiger partial charge in [-0.2, -0.15) is 0 Å². The Labute approximate surface area is 122 Å². The lowest BCUT2D eigenvalue weighted by atomic mass is 10.1. The molecule has 6 heteroatoms. The average Bonchev–Trinajstić information content (AvgIpc) is 2.97. The van der Waals surface area contributed by atoms with Crippen molar-refractivity contribution in [2.24, 2.45) is 5.73 Å². The van der Waals surface area contributed by atoms with E-state index in [2.05, 4.69) is 10.6 Å². The predicted octanol–water partition coefficient (Wildman–Crippen LogP) is 0.252. The summed E-state index contributed by atoms with van der Waals surface area (Å²) in [5.41, 5.74) is 6.47. The smallest absolute Gasteiger partial charge is 0.242 e. The summed E-state index contributed by atoms with van der Waals surface area (Å²) in [6.45, 7) is 0.832. The zero-order valence-corrected chi connectivity index (χ0v) is 12.0. The first-order valence-corrected chi connectivity index (χ1v) is 7.69. The van der Waals surface area contributed by atoms with Crippen LogP contribution < -0.4 is 16.4 Å². The summed E-state index contributed by atoms with van der Waals surface area (Å²) in [7, 11) is 0. The maximum atomic E-state index is 11.9. The quantitative estimate of drug-likeness (QED) is 0.702. The highest BCUT2D eigenvalue weighted by Crippen LogP contribution is 2.17. The Morgan fingerprint density at radius 2 is 2.15 bits per heavy atom. The third kappa shape index (κ3) is 4.25. The molecule has 2 atom stereocenters. The number of nitrogens with one attached hydrogen (secondary N) is 2. The molecular weight excluding hydrogens is 274 g/mol. The third-order valence-electron chi connectivity index (χ3n) is 3.15. The van der Waals surface area contributed by atoms with Crippen LogP contribution in [0, 0.1) is 0 Å². The van der Waals surface area contributed by atoms with Crippen molar-refractivity contribution >= 4 is 23.6 Å². The van der Waals surface area contributed by atoms with Gasteiger partial charge in [0.2, 0.25) is 11.8 Å².